The van der Waals surface area contributed by atoms with Gasteiger partial charge in [-0.3, -0.25) is 0 Å². The summed E-state index contributed by atoms with van der Waals surface area (Å²) in [5.41, 5.74) is 9.21. The number of nitrogens with zero attached hydrogens (tertiary/aromatic N) is 6. The predicted molar refractivity (Wildman–Crippen MR) is 269 cm³/mol. The van der Waals surface area contributed by atoms with E-state index in [2.05, 4.69) is 29.5 Å². The SMILES string of the molecule is C.C.[2H]C1OB(C)c2ccc(Oc3nc(C)c([N+]#[C-])cc3Cl)c(C)c21.[2H]C1OB(O)c2c(C)cc(Oc3nc(C)c([N+]#[C-])cc3Cl)cc21.[2H]C1OB(O)c2cc(C)c(Oc3nc(C)c([N+]#[C-])cc3Cl)cc21. The molecule has 6 aromatic rings. The molecule has 0 saturated heterocycles. The van der Waals surface area contributed by atoms with Crippen molar-refractivity contribution < 1.29 is 42.3 Å². The first kappa shape index (κ1) is 48.3. The normalized spacial score (nSPS) is 16.5. The maximum absolute atomic E-state index is 9.81. The molecule has 3 aromatic carbocycles. The average Bonchev–Trinajstić information content (AvgIpc) is 3.87. The van der Waals surface area contributed by atoms with E-state index in [-0.39, 0.29) is 54.5 Å². The van der Waals surface area contributed by atoms with Crippen LogP contribution >= 0.6 is 34.8 Å². The van der Waals surface area contributed by atoms with E-state index in [1.54, 1.807) is 58.0 Å². The van der Waals surface area contributed by atoms with Crippen molar-refractivity contribution in [2.45, 2.75) is 83.0 Å². The van der Waals surface area contributed by atoms with Crippen molar-refractivity contribution in [2.75, 3.05) is 0 Å². The molecule has 3 unspecified atom stereocenters. The standard InChI is InChI=1S/C16H14BClN2O2.2C15H12BClN2O3.2CH4/c1-9-11-8-21-17(3)12(11)5-6-15(9)22-16-13(18)7-14(19-4)10(2)20-16;1-8-4-11-10(7-21-16(11)20)5-14(8)22-15-12(17)6-13(18-3)9(2)19-15;1-8-4-11(5-10-7-21-16(20)14(8)10)22-15-12(17)6-13(18-3)9(2)19-15;;/h5-7H,8H2,1-3H3;2*4-6,20H,7H2,1-2H3;2*1H4/i8D;2*7D;;. The van der Waals surface area contributed by atoms with Crippen LogP contribution in [0, 0.1) is 61.3 Å². The second-order valence-electron chi connectivity index (χ2n) is 15.1. The Bertz CT molecular complexity index is 3110. The first-order valence-corrected chi connectivity index (χ1v) is 21.1. The molecule has 0 aliphatic carbocycles. The summed E-state index contributed by atoms with van der Waals surface area (Å²) in [6, 6.07) is 15.0. The molecule has 0 saturated carbocycles. The number of rotatable bonds is 6. The molecule has 3 aliphatic heterocycles. The number of aromatic nitrogens is 3. The van der Waals surface area contributed by atoms with Gasteiger partial charge in [-0.25, -0.2) is 29.5 Å². The molecule has 2 N–H and O–H groups in total. The van der Waals surface area contributed by atoms with E-state index < -0.39 is 34.0 Å². The van der Waals surface area contributed by atoms with Crippen LogP contribution in [0.2, 0.25) is 21.9 Å². The number of fused-ring (bicyclic) bond motifs is 3. The quantitative estimate of drug-likeness (QED) is 0.121. The van der Waals surface area contributed by atoms with Crippen LogP contribution in [0.5, 0.6) is 34.9 Å². The van der Waals surface area contributed by atoms with Gasteiger partial charge in [0.2, 0.25) is 34.7 Å². The summed E-state index contributed by atoms with van der Waals surface area (Å²) >= 11 is 18.4. The fourth-order valence-corrected chi connectivity index (χ4v) is 7.52. The second-order valence-corrected chi connectivity index (χ2v) is 16.3. The number of pyridine rings is 3. The molecular weight excluding hydrogens is 927 g/mol. The van der Waals surface area contributed by atoms with E-state index in [0.29, 0.717) is 73.4 Å². The number of aryl methyl sites for hydroxylation is 5. The Balaban J connectivity index is 0.000000195. The highest BCUT2D eigenvalue weighted by Gasteiger charge is 2.31. The van der Waals surface area contributed by atoms with E-state index in [1.165, 1.54) is 12.1 Å². The smallest absolute Gasteiger partial charge is 0.438 e. The number of hydrogen-bond acceptors (Lipinski definition) is 11. The van der Waals surface area contributed by atoms with E-state index in [0.717, 1.165) is 27.7 Å². The topological polar surface area (TPSA) is 148 Å². The van der Waals surface area contributed by atoms with Crippen molar-refractivity contribution in [3.05, 3.63) is 154 Å². The van der Waals surface area contributed by atoms with E-state index in [1.807, 2.05) is 32.8 Å². The van der Waals surface area contributed by atoms with Gasteiger partial charge in [0, 0.05) is 17.1 Å². The molecule has 346 valence electrons. The number of ether oxygens (including phenoxy) is 3. The van der Waals surface area contributed by atoms with Gasteiger partial charge in [0.15, 0.2) is 0 Å². The molecule has 3 atom stereocenters. The molecule has 0 bridgehead atoms. The van der Waals surface area contributed by atoms with Gasteiger partial charge >= 0.3 is 21.2 Å². The minimum Gasteiger partial charge on any atom is -0.438 e. The number of halogens is 3. The monoisotopic (exact) mass is 975 g/mol. The summed E-state index contributed by atoms with van der Waals surface area (Å²) in [6.07, 6.45) is 0. The largest absolute Gasteiger partial charge is 0.492 e. The third kappa shape index (κ3) is 11.2. The summed E-state index contributed by atoms with van der Waals surface area (Å²) in [5.74, 6) is 2.15. The molecule has 6 heterocycles. The van der Waals surface area contributed by atoms with Gasteiger partial charge in [0.05, 0.1) is 58.6 Å². The van der Waals surface area contributed by atoms with E-state index in [4.69, 9.17) is 86.8 Å². The minimum absolute atomic E-state index is 0. The molecule has 20 heteroatoms. The average molecular weight is 977 g/mol. The highest BCUT2D eigenvalue weighted by molar-refractivity contribution is 6.67. The molecule has 0 radical (unpaired) electrons. The highest BCUT2D eigenvalue weighted by atomic mass is 35.5. The molecule has 9 rings (SSSR count). The van der Waals surface area contributed by atoms with Crippen LogP contribution in [-0.4, -0.2) is 46.2 Å². The van der Waals surface area contributed by atoms with Gasteiger partial charge < -0.3 is 38.2 Å². The van der Waals surface area contributed by atoms with Gasteiger partial charge in [0.25, 0.3) is 0 Å². The maximum Gasteiger partial charge on any atom is 0.492 e. The van der Waals surface area contributed by atoms with Crippen LogP contribution in [0.3, 0.4) is 0 Å². The van der Waals surface area contributed by atoms with Crippen LogP contribution in [0.15, 0.2) is 54.6 Å². The van der Waals surface area contributed by atoms with Gasteiger partial charge in [-0.05, 0) is 134 Å². The Morgan fingerprint density at radius 3 is 1.65 bits per heavy atom. The van der Waals surface area contributed by atoms with Crippen molar-refractivity contribution in [1.82, 2.24) is 15.0 Å². The molecule has 14 nitrogen and oxygen atoms in total. The minimum atomic E-state index is -1.10. The van der Waals surface area contributed by atoms with Crippen molar-refractivity contribution in [1.29, 1.82) is 0 Å². The zero-order valence-electron chi connectivity index (χ0n) is 39.3. The third-order valence-electron chi connectivity index (χ3n) is 10.6. The summed E-state index contributed by atoms with van der Waals surface area (Å²) in [7, 11) is -2.19. The van der Waals surface area contributed by atoms with Gasteiger partial charge in [-0.1, -0.05) is 68.6 Å². The van der Waals surface area contributed by atoms with Gasteiger partial charge in [-0.15, -0.1) is 0 Å². The van der Waals surface area contributed by atoms with Crippen LogP contribution in [0.4, 0.5) is 17.1 Å². The van der Waals surface area contributed by atoms with Crippen LogP contribution in [-0.2, 0) is 33.7 Å². The molecule has 68 heavy (non-hydrogen) atoms. The number of hydrogen-bond donors (Lipinski definition) is 2. The van der Waals surface area contributed by atoms with Crippen LogP contribution in [0.25, 0.3) is 14.5 Å². The van der Waals surface area contributed by atoms with E-state index in [9.17, 15) is 10.0 Å². The van der Waals surface area contributed by atoms with Crippen LogP contribution < -0.4 is 30.6 Å². The van der Waals surface area contributed by atoms with Crippen molar-refractivity contribution in [3.63, 3.8) is 0 Å². The summed E-state index contributed by atoms with van der Waals surface area (Å²) in [5, 5.41) is 20.3. The lowest BCUT2D eigenvalue weighted by atomic mass is 9.64. The molecular formula is C48H46B3Cl3N6O8. The maximum atomic E-state index is 9.81. The Kier molecular flexibility index (Phi) is 15.8. The zero-order chi connectivity index (χ0) is 50.2. The summed E-state index contributed by atoms with van der Waals surface area (Å²) < 4.78 is 56.7. The Morgan fingerprint density at radius 2 is 1.10 bits per heavy atom. The second kappa shape index (κ2) is 22.3. The molecule has 0 amide bonds. The van der Waals surface area contributed by atoms with Crippen molar-refractivity contribution in [3.8, 4) is 34.9 Å². The lowest BCUT2D eigenvalue weighted by Gasteiger charge is -2.13. The Hall–Kier alpha value is -6.16. The number of benzene rings is 3. The first-order valence-electron chi connectivity index (χ1n) is 21.6. The third-order valence-corrected chi connectivity index (χ3v) is 11.4. The first-order chi connectivity index (χ1) is 32.7. The molecule has 0 fully saturated rings. The Morgan fingerprint density at radius 1 is 0.603 bits per heavy atom. The molecule has 3 aromatic heterocycles. The molecule has 0 spiro atoms. The zero-order valence-corrected chi connectivity index (χ0v) is 38.6. The summed E-state index contributed by atoms with van der Waals surface area (Å²) in [6.45, 7) is 31.1. The van der Waals surface area contributed by atoms with Crippen molar-refractivity contribution >= 4 is 89.4 Å². The Labute approximate surface area is 417 Å². The predicted octanol–water partition coefficient (Wildman–Crippen LogP) is 11.2. The molecule has 3 aliphatic rings. The van der Waals surface area contributed by atoms with Crippen molar-refractivity contribution in [2.24, 2.45) is 0 Å². The fraction of sp³-hybridized carbons (Fsp3) is 0.250. The van der Waals surface area contributed by atoms with Crippen LogP contribution in [0.1, 0.15) is 69.4 Å². The van der Waals surface area contributed by atoms with E-state index >= 15 is 0 Å². The van der Waals surface area contributed by atoms with Gasteiger partial charge in [-0.2, -0.15) is 0 Å². The lowest BCUT2D eigenvalue weighted by Crippen LogP contribution is -2.30. The fourth-order valence-electron chi connectivity index (χ4n) is 6.97. The van der Waals surface area contributed by atoms with Gasteiger partial charge in [0.1, 0.15) is 17.2 Å². The highest BCUT2D eigenvalue weighted by Crippen LogP contribution is 2.37. The summed E-state index contributed by atoms with van der Waals surface area (Å²) in [4.78, 5) is 22.7. The lowest BCUT2D eigenvalue weighted by molar-refractivity contribution is 0.274.